The van der Waals surface area contributed by atoms with Gasteiger partial charge in [-0.05, 0) is 54.0 Å². The fourth-order valence-electron chi connectivity index (χ4n) is 1.93. The number of benzene rings is 1. The van der Waals surface area contributed by atoms with Crippen LogP contribution in [0.4, 0.5) is 10.1 Å². The van der Waals surface area contributed by atoms with Crippen LogP contribution in [0.5, 0.6) is 0 Å². The second-order valence-corrected chi connectivity index (χ2v) is 4.86. The fraction of sp³-hybridized carbons (Fsp3) is 0.417. The van der Waals surface area contributed by atoms with Crippen molar-refractivity contribution < 1.29 is 4.39 Å². The molecule has 1 heterocycles. The van der Waals surface area contributed by atoms with E-state index in [4.69, 9.17) is 5.26 Å². The zero-order valence-corrected chi connectivity index (χ0v) is 10.8. The molecule has 5 heteroatoms. The van der Waals surface area contributed by atoms with E-state index in [1.165, 1.54) is 0 Å². The monoisotopic (exact) mass is 297 g/mol. The molecule has 0 bridgehead atoms. The van der Waals surface area contributed by atoms with E-state index >= 15 is 0 Å². The number of piperidine rings is 1. The lowest BCUT2D eigenvalue weighted by molar-refractivity contribution is 0.476. The number of hydrogen-bond acceptors (Lipinski definition) is 3. The third-order valence-corrected chi connectivity index (χ3v) is 3.68. The summed E-state index contributed by atoms with van der Waals surface area (Å²) in [6.07, 6.45) is 1.97. The molecule has 1 aliphatic heterocycles. The first-order chi connectivity index (χ1) is 8.22. The van der Waals surface area contributed by atoms with Crippen molar-refractivity contribution >= 4 is 21.6 Å². The molecule has 17 heavy (non-hydrogen) atoms. The first-order valence-electron chi connectivity index (χ1n) is 5.57. The first-order valence-corrected chi connectivity index (χ1v) is 6.37. The number of nitrogens with zero attached hydrogens (tertiary/aromatic N) is 1. The highest BCUT2D eigenvalue weighted by Gasteiger charge is 2.16. The lowest BCUT2D eigenvalue weighted by atomic mass is 10.1. The van der Waals surface area contributed by atoms with Gasteiger partial charge in [0.2, 0.25) is 0 Å². The van der Waals surface area contributed by atoms with Gasteiger partial charge in [-0.2, -0.15) is 5.26 Å². The van der Waals surface area contributed by atoms with Crippen LogP contribution >= 0.6 is 15.9 Å². The molecular weight excluding hydrogens is 285 g/mol. The van der Waals surface area contributed by atoms with Gasteiger partial charge in [-0.15, -0.1) is 0 Å². The second kappa shape index (κ2) is 5.48. The van der Waals surface area contributed by atoms with Crippen molar-refractivity contribution in [1.29, 1.82) is 5.26 Å². The Morgan fingerprint density at radius 1 is 1.41 bits per heavy atom. The van der Waals surface area contributed by atoms with Gasteiger partial charge in [0.05, 0.1) is 15.7 Å². The lowest BCUT2D eigenvalue weighted by Gasteiger charge is -2.25. The van der Waals surface area contributed by atoms with E-state index < -0.39 is 0 Å². The molecule has 0 radical (unpaired) electrons. The van der Waals surface area contributed by atoms with Gasteiger partial charge in [0.1, 0.15) is 6.07 Å². The Morgan fingerprint density at radius 2 is 2.12 bits per heavy atom. The Balaban J connectivity index is 2.16. The van der Waals surface area contributed by atoms with E-state index in [0.717, 1.165) is 25.9 Å². The molecule has 2 N–H and O–H groups in total. The summed E-state index contributed by atoms with van der Waals surface area (Å²) >= 11 is 3.11. The highest BCUT2D eigenvalue weighted by molar-refractivity contribution is 9.10. The van der Waals surface area contributed by atoms with Crippen molar-refractivity contribution in [3.8, 4) is 6.07 Å². The number of hydrogen-bond donors (Lipinski definition) is 2. The summed E-state index contributed by atoms with van der Waals surface area (Å²) in [6.45, 7) is 1.91. The molecule has 1 saturated heterocycles. The summed E-state index contributed by atoms with van der Waals surface area (Å²) in [4.78, 5) is 0. The normalized spacial score (nSPS) is 16.5. The molecule has 0 saturated carbocycles. The van der Waals surface area contributed by atoms with Crippen LogP contribution in [0.1, 0.15) is 18.4 Å². The second-order valence-electron chi connectivity index (χ2n) is 4.07. The third kappa shape index (κ3) is 2.76. The summed E-state index contributed by atoms with van der Waals surface area (Å²) < 4.78 is 14.2. The van der Waals surface area contributed by atoms with Gasteiger partial charge < -0.3 is 10.6 Å². The summed E-state index contributed by atoms with van der Waals surface area (Å²) in [5.74, 6) is -0.386. The van der Waals surface area contributed by atoms with Crippen molar-refractivity contribution in [1.82, 2.24) is 5.32 Å². The summed E-state index contributed by atoms with van der Waals surface area (Å²) in [6, 6.07) is 5.49. The molecule has 1 aromatic carbocycles. The Hall–Kier alpha value is -1.12. The van der Waals surface area contributed by atoms with Gasteiger partial charge in [-0.25, -0.2) is 4.39 Å². The standard InChI is InChI=1S/C12H13BrFN3/c13-11-8(7-15)1-2-10(12(11)14)17-9-3-5-16-6-4-9/h1-2,9,16-17H,3-6H2. The average molecular weight is 298 g/mol. The van der Waals surface area contributed by atoms with Gasteiger partial charge in [-0.3, -0.25) is 0 Å². The highest BCUT2D eigenvalue weighted by Crippen LogP contribution is 2.27. The predicted molar refractivity (Wildman–Crippen MR) is 68.3 cm³/mol. The number of nitrogens with one attached hydrogen (secondary N) is 2. The molecule has 2 rings (SSSR count). The Kier molecular flexibility index (Phi) is 3.97. The molecule has 1 aromatic rings. The van der Waals surface area contributed by atoms with E-state index in [-0.39, 0.29) is 10.3 Å². The number of anilines is 1. The minimum absolute atomic E-state index is 0.235. The highest BCUT2D eigenvalue weighted by atomic mass is 79.9. The minimum Gasteiger partial charge on any atom is -0.380 e. The third-order valence-electron chi connectivity index (χ3n) is 2.90. The van der Waals surface area contributed by atoms with Crippen LogP contribution in [0.3, 0.4) is 0 Å². The SMILES string of the molecule is N#Cc1ccc(NC2CCNCC2)c(F)c1Br. The van der Waals surface area contributed by atoms with Crippen LogP contribution in [0.15, 0.2) is 16.6 Å². The number of nitriles is 1. The lowest BCUT2D eigenvalue weighted by Crippen LogP contribution is -2.35. The van der Waals surface area contributed by atoms with Crippen molar-refractivity contribution in [2.75, 3.05) is 18.4 Å². The van der Waals surface area contributed by atoms with E-state index in [1.807, 2.05) is 6.07 Å². The van der Waals surface area contributed by atoms with Crippen molar-refractivity contribution in [3.63, 3.8) is 0 Å². The summed E-state index contributed by atoms with van der Waals surface area (Å²) in [7, 11) is 0. The fourth-order valence-corrected chi connectivity index (χ4v) is 2.37. The topological polar surface area (TPSA) is 47.9 Å². The molecule has 0 atom stereocenters. The Morgan fingerprint density at radius 3 is 2.76 bits per heavy atom. The molecule has 1 fully saturated rings. The molecule has 0 spiro atoms. The van der Waals surface area contributed by atoms with Crippen LogP contribution in [0, 0.1) is 17.1 Å². The van der Waals surface area contributed by atoms with Gasteiger partial charge in [0.25, 0.3) is 0 Å². The van der Waals surface area contributed by atoms with E-state index in [0.29, 0.717) is 17.3 Å². The van der Waals surface area contributed by atoms with Crippen LogP contribution in [-0.4, -0.2) is 19.1 Å². The maximum Gasteiger partial charge on any atom is 0.161 e. The molecular formula is C12H13BrFN3. The van der Waals surface area contributed by atoms with Crippen LogP contribution < -0.4 is 10.6 Å². The maximum absolute atomic E-state index is 13.9. The van der Waals surface area contributed by atoms with Gasteiger partial charge in [0, 0.05) is 6.04 Å². The molecule has 1 aliphatic rings. The van der Waals surface area contributed by atoms with E-state index in [9.17, 15) is 4.39 Å². The largest absolute Gasteiger partial charge is 0.380 e. The van der Waals surface area contributed by atoms with Crippen molar-refractivity contribution in [2.24, 2.45) is 0 Å². The van der Waals surface area contributed by atoms with E-state index in [2.05, 4.69) is 26.6 Å². The smallest absolute Gasteiger partial charge is 0.161 e. The van der Waals surface area contributed by atoms with Crippen LogP contribution in [0.2, 0.25) is 0 Å². The first kappa shape index (κ1) is 12.3. The Labute approximate surface area is 108 Å². The predicted octanol–water partition coefficient (Wildman–Crippen LogP) is 2.62. The molecule has 90 valence electrons. The summed E-state index contributed by atoms with van der Waals surface area (Å²) in [5.41, 5.74) is 0.779. The summed E-state index contributed by atoms with van der Waals surface area (Å²) in [5, 5.41) is 15.2. The van der Waals surface area contributed by atoms with Crippen molar-refractivity contribution in [3.05, 3.63) is 28.0 Å². The quantitative estimate of drug-likeness (QED) is 0.882. The number of halogens is 2. The molecule has 3 nitrogen and oxygen atoms in total. The maximum atomic E-state index is 13.9. The van der Waals surface area contributed by atoms with Gasteiger partial charge in [0.15, 0.2) is 5.82 Å². The van der Waals surface area contributed by atoms with Crippen molar-refractivity contribution in [2.45, 2.75) is 18.9 Å². The zero-order chi connectivity index (χ0) is 12.3. The minimum atomic E-state index is -0.386. The van der Waals surface area contributed by atoms with Gasteiger partial charge in [-0.1, -0.05) is 0 Å². The van der Waals surface area contributed by atoms with E-state index in [1.54, 1.807) is 12.1 Å². The average Bonchev–Trinajstić information content (AvgIpc) is 2.37. The Bertz CT molecular complexity index is 450. The molecule has 0 aliphatic carbocycles. The molecule has 0 aromatic heterocycles. The van der Waals surface area contributed by atoms with Gasteiger partial charge >= 0.3 is 0 Å². The van der Waals surface area contributed by atoms with Crippen LogP contribution in [0.25, 0.3) is 0 Å². The molecule has 0 unspecified atom stereocenters. The number of rotatable bonds is 2. The molecule has 0 amide bonds. The van der Waals surface area contributed by atoms with Crippen LogP contribution in [-0.2, 0) is 0 Å². The zero-order valence-electron chi connectivity index (χ0n) is 9.26.